The van der Waals surface area contributed by atoms with Crippen molar-refractivity contribution in [3.8, 4) is 0 Å². The molecule has 0 N–H and O–H groups in total. The van der Waals surface area contributed by atoms with E-state index >= 15 is 0 Å². The number of aryl methyl sites for hydroxylation is 1. The van der Waals surface area contributed by atoms with Crippen molar-refractivity contribution in [3.05, 3.63) is 59.7 Å². The van der Waals surface area contributed by atoms with Crippen molar-refractivity contribution in [2.45, 2.75) is 37.2 Å². The number of hydrogen-bond donors (Lipinski definition) is 0. The van der Waals surface area contributed by atoms with Gasteiger partial charge in [-0.1, -0.05) is 29.8 Å². The topological polar surface area (TPSA) is 98.3 Å². The predicted molar refractivity (Wildman–Crippen MR) is 129 cm³/mol. The Balaban J connectivity index is 1.31. The lowest BCUT2D eigenvalue weighted by atomic mass is 9.98. The third-order valence-corrected chi connectivity index (χ3v) is 9.20. The van der Waals surface area contributed by atoms with Crippen LogP contribution in [0.2, 0.25) is 0 Å². The van der Waals surface area contributed by atoms with Crippen molar-refractivity contribution in [1.29, 1.82) is 0 Å². The number of amides is 3. The second-order valence-electron chi connectivity index (χ2n) is 9.45. The monoisotopic (exact) mass is 496 g/mol. The van der Waals surface area contributed by atoms with Gasteiger partial charge in [0, 0.05) is 32.6 Å². The molecule has 0 unspecified atom stereocenters. The van der Waals surface area contributed by atoms with E-state index in [-0.39, 0.29) is 55.3 Å². The van der Waals surface area contributed by atoms with Crippen molar-refractivity contribution in [2.24, 2.45) is 0 Å². The van der Waals surface area contributed by atoms with Gasteiger partial charge >= 0.3 is 0 Å². The van der Waals surface area contributed by atoms with E-state index in [1.54, 1.807) is 58.3 Å². The van der Waals surface area contributed by atoms with E-state index in [0.29, 0.717) is 24.1 Å². The number of rotatable bonds is 4. The largest absolute Gasteiger partial charge is 0.339 e. The van der Waals surface area contributed by atoms with Gasteiger partial charge in [0.15, 0.2) is 0 Å². The minimum Gasteiger partial charge on any atom is -0.339 e. The number of carbonyl (C=O) groups excluding carboxylic acids is 3. The molecule has 2 fully saturated rings. The first-order valence-corrected chi connectivity index (χ1v) is 13.2. The number of carbonyl (C=O) groups is 3. The molecule has 3 amide bonds. The first-order valence-electron chi connectivity index (χ1n) is 11.7. The molecule has 3 heterocycles. The summed E-state index contributed by atoms with van der Waals surface area (Å²) in [7, 11) is -3.64. The normalized spacial score (nSPS) is 22.9. The highest BCUT2D eigenvalue weighted by Gasteiger charge is 2.53. The van der Waals surface area contributed by atoms with Gasteiger partial charge in [-0.3, -0.25) is 19.3 Å². The fourth-order valence-electron chi connectivity index (χ4n) is 5.21. The Bertz CT molecular complexity index is 1300. The van der Waals surface area contributed by atoms with Crippen LogP contribution in [0.4, 0.5) is 5.69 Å². The van der Waals surface area contributed by atoms with Crippen molar-refractivity contribution in [3.63, 3.8) is 0 Å². The Kier molecular flexibility index (Phi) is 5.68. The lowest BCUT2D eigenvalue weighted by Gasteiger charge is -2.48. The van der Waals surface area contributed by atoms with Crippen LogP contribution in [0.25, 0.3) is 0 Å². The average molecular weight is 497 g/mol. The summed E-state index contributed by atoms with van der Waals surface area (Å²) in [6, 6.07) is 13.7. The first kappa shape index (κ1) is 23.5. The Labute approximate surface area is 204 Å². The third kappa shape index (κ3) is 3.81. The molecule has 0 saturated carbocycles. The highest BCUT2D eigenvalue weighted by atomic mass is 32.2. The van der Waals surface area contributed by atoms with Gasteiger partial charge in [-0.05, 0) is 44.5 Å². The molecule has 3 aliphatic heterocycles. The van der Waals surface area contributed by atoms with E-state index < -0.39 is 15.7 Å². The minimum absolute atomic E-state index is 0.0696. The van der Waals surface area contributed by atoms with Crippen LogP contribution < -0.4 is 4.90 Å². The van der Waals surface area contributed by atoms with E-state index in [9.17, 15) is 22.8 Å². The van der Waals surface area contributed by atoms with Crippen LogP contribution in [0.3, 0.4) is 0 Å². The molecular weight excluding hydrogens is 468 g/mol. The maximum atomic E-state index is 13.4. The Morgan fingerprint density at radius 1 is 0.971 bits per heavy atom. The van der Waals surface area contributed by atoms with E-state index in [2.05, 4.69) is 0 Å². The van der Waals surface area contributed by atoms with Gasteiger partial charge in [-0.2, -0.15) is 4.31 Å². The van der Waals surface area contributed by atoms with Crippen molar-refractivity contribution < 1.29 is 22.8 Å². The predicted octanol–water partition coefficient (Wildman–Crippen LogP) is 1.83. The molecule has 9 nitrogen and oxygen atoms in total. The SMILES string of the molecule is Cc1ccc(S(=O)(=O)N2CCN(C(=O)CN3C(=O)c4ccccc4N4C(=O)CC[C@]34C)CC2)cc1. The van der Waals surface area contributed by atoms with Gasteiger partial charge in [-0.15, -0.1) is 0 Å². The van der Waals surface area contributed by atoms with Gasteiger partial charge in [0.2, 0.25) is 21.8 Å². The number of fused-ring (bicyclic) bond motifs is 3. The van der Waals surface area contributed by atoms with Crippen LogP contribution in [0, 0.1) is 6.92 Å². The van der Waals surface area contributed by atoms with Gasteiger partial charge in [0.1, 0.15) is 12.2 Å². The van der Waals surface area contributed by atoms with Gasteiger partial charge in [0.25, 0.3) is 5.91 Å². The zero-order valence-electron chi connectivity index (χ0n) is 19.8. The maximum absolute atomic E-state index is 13.4. The summed E-state index contributed by atoms with van der Waals surface area (Å²) >= 11 is 0. The quantitative estimate of drug-likeness (QED) is 0.643. The zero-order chi connectivity index (χ0) is 25.0. The maximum Gasteiger partial charge on any atom is 0.258 e. The Morgan fingerprint density at radius 3 is 2.31 bits per heavy atom. The fourth-order valence-corrected chi connectivity index (χ4v) is 6.64. The molecule has 0 aliphatic carbocycles. The fraction of sp³-hybridized carbons (Fsp3) is 0.400. The minimum atomic E-state index is -3.64. The summed E-state index contributed by atoms with van der Waals surface area (Å²) in [6.07, 6.45) is 0.750. The van der Waals surface area contributed by atoms with Crippen molar-refractivity contribution in [1.82, 2.24) is 14.1 Å². The van der Waals surface area contributed by atoms with E-state index in [1.165, 1.54) is 9.21 Å². The molecular formula is C25H28N4O5S. The lowest BCUT2D eigenvalue weighted by Crippen LogP contribution is -2.64. The standard InChI is InChI=1S/C25H28N4O5S/c1-18-7-9-19(10-8-18)35(33,34)27-15-13-26(14-16-27)23(31)17-28-24(32)20-5-3-4-6-21(20)29-22(30)11-12-25(28,29)2/h3-10H,11-17H2,1-2H3/t25-/m1/s1. The number of benzene rings is 2. The average Bonchev–Trinajstić information content (AvgIpc) is 3.17. The molecule has 2 saturated heterocycles. The summed E-state index contributed by atoms with van der Waals surface area (Å²) < 4.78 is 27.4. The molecule has 2 aromatic rings. The molecule has 2 aromatic carbocycles. The zero-order valence-corrected chi connectivity index (χ0v) is 20.6. The summed E-state index contributed by atoms with van der Waals surface area (Å²) in [5, 5.41) is 0. The van der Waals surface area contributed by atoms with E-state index in [1.807, 2.05) is 13.8 Å². The third-order valence-electron chi connectivity index (χ3n) is 7.29. The molecule has 35 heavy (non-hydrogen) atoms. The Hall–Kier alpha value is -3.24. The molecule has 1 atom stereocenters. The number of para-hydroxylation sites is 1. The smallest absolute Gasteiger partial charge is 0.258 e. The number of hydrogen-bond acceptors (Lipinski definition) is 5. The van der Waals surface area contributed by atoms with Gasteiger partial charge in [-0.25, -0.2) is 8.42 Å². The summed E-state index contributed by atoms with van der Waals surface area (Å²) in [5.74, 6) is -0.603. The Morgan fingerprint density at radius 2 is 1.63 bits per heavy atom. The summed E-state index contributed by atoms with van der Waals surface area (Å²) in [5.41, 5.74) is 1.06. The number of sulfonamides is 1. The number of anilines is 1. The lowest BCUT2D eigenvalue weighted by molar-refractivity contribution is -0.134. The summed E-state index contributed by atoms with van der Waals surface area (Å²) in [4.78, 5) is 44.3. The molecule has 0 aromatic heterocycles. The van der Waals surface area contributed by atoms with E-state index in [0.717, 1.165) is 5.56 Å². The second kappa shape index (κ2) is 8.46. The molecule has 10 heteroatoms. The van der Waals surface area contributed by atoms with Gasteiger partial charge in [0.05, 0.1) is 16.1 Å². The van der Waals surface area contributed by atoms with E-state index in [4.69, 9.17) is 0 Å². The van der Waals surface area contributed by atoms with Crippen LogP contribution in [-0.4, -0.2) is 78.6 Å². The highest BCUT2D eigenvalue weighted by molar-refractivity contribution is 7.89. The van der Waals surface area contributed by atoms with Gasteiger partial charge < -0.3 is 9.80 Å². The molecule has 0 spiro atoms. The van der Waals surface area contributed by atoms with Crippen LogP contribution in [0.1, 0.15) is 35.7 Å². The second-order valence-corrected chi connectivity index (χ2v) is 11.4. The molecule has 0 bridgehead atoms. The number of nitrogens with zero attached hydrogens (tertiary/aromatic N) is 4. The molecule has 3 aliphatic rings. The van der Waals surface area contributed by atoms with Crippen molar-refractivity contribution >= 4 is 33.4 Å². The molecule has 0 radical (unpaired) electrons. The highest BCUT2D eigenvalue weighted by Crippen LogP contribution is 2.43. The van der Waals surface area contributed by atoms with Crippen LogP contribution in [0.5, 0.6) is 0 Å². The first-order chi connectivity index (χ1) is 16.6. The molecule has 5 rings (SSSR count). The van der Waals surface area contributed by atoms with Crippen molar-refractivity contribution in [2.75, 3.05) is 37.6 Å². The number of piperazine rings is 1. The van der Waals surface area contributed by atoms with Crippen LogP contribution in [0.15, 0.2) is 53.4 Å². The molecule has 184 valence electrons. The summed E-state index contributed by atoms with van der Waals surface area (Å²) in [6.45, 7) is 4.39. The van der Waals surface area contributed by atoms with Crippen LogP contribution in [-0.2, 0) is 19.6 Å². The van der Waals surface area contributed by atoms with Crippen LogP contribution >= 0.6 is 0 Å².